The maximum Gasteiger partial charge on any atom is 0.228 e. The van der Waals surface area contributed by atoms with Gasteiger partial charge in [-0.15, -0.1) is 0 Å². The van der Waals surface area contributed by atoms with E-state index >= 15 is 0 Å². The summed E-state index contributed by atoms with van der Waals surface area (Å²) < 4.78 is 5.60. The van der Waals surface area contributed by atoms with Crippen LogP contribution in [-0.2, 0) is 14.4 Å². The van der Waals surface area contributed by atoms with Crippen molar-refractivity contribution in [2.75, 3.05) is 32.8 Å². The Morgan fingerprint density at radius 1 is 1.07 bits per heavy atom. The number of hydrogen-bond acceptors (Lipinski definition) is 6. The van der Waals surface area contributed by atoms with E-state index < -0.39 is 0 Å². The smallest absolute Gasteiger partial charge is 0.228 e. The molecule has 0 aromatic heterocycles. The van der Waals surface area contributed by atoms with Crippen LogP contribution in [0.3, 0.4) is 0 Å². The zero-order valence-corrected chi connectivity index (χ0v) is 17.8. The number of amides is 1. The fraction of sp³-hybridized carbons (Fsp3) is 0.955. The molecule has 29 heavy (non-hydrogen) atoms. The number of nitrogens with one attached hydrogen (secondary N) is 3. The van der Waals surface area contributed by atoms with Gasteiger partial charge < -0.3 is 15.0 Å². The summed E-state index contributed by atoms with van der Waals surface area (Å²) in [7, 11) is 0. The summed E-state index contributed by atoms with van der Waals surface area (Å²) in [6.45, 7) is 6.81. The highest BCUT2D eigenvalue weighted by Gasteiger charge is 2.44. The van der Waals surface area contributed by atoms with Crippen LogP contribution < -0.4 is 16.1 Å². The standard InChI is InChI=1S/C22H38N4O3/c1-22(7-2-8-22)21(27)26-10-4-15(5-11-26)19-24-20(29-25-19)16-3-9-23-18(13-16)17-6-12-28-14-17/h15-20,23-25H,2-14H2,1H3. The topological polar surface area (TPSA) is 74.9 Å². The van der Waals surface area contributed by atoms with Crippen molar-refractivity contribution in [3.05, 3.63) is 0 Å². The molecule has 4 saturated heterocycles. The van der Waals surface area contributed by atoms with E-state index in [1.807, 2.05) is 0 Å². The quantitative estimate of drug-likeness (QED) is 0.659. The molecule has 0 aromatic rings. The van der Waals surface area contributed by atoms with Gasteiger partial charge in [0.05, 0.1) is 12.8 Å². The Morgan fingerprint density at radius 2 is 1.90 bits per heavy atom. The van der Waals surface area contributed by atoms with Gasteiger partial charge in [-0.2, -0.15) is 5.48 Å². The van der Waals surface area contributed by atoms with Crippen molar-refractivity contribution < 1.29 is 14.4 Å². The van der Waals surface area contributed by atoms with Crippen molar-refractivity contribution in [3.8, 4) is 0 Å². The Labute approximate surface area is 174 Å². The van der Waals surface area contributed by atoms with Gasteiger partial charge in [-0.3, -0.25) is 14.9 Å². The molecule has 5 unspecified atom stereocenters. The molecule has 0 bridgehead atoms. The molecule has 0 radical (unpaired) electrons. The van der Waals surface area contributed by atoms with E-state index in [-0.39, 0.29) is 17.8 Å². The summed E-state index contributed by atoms with van der Waals surface area (Å²) in [5.41, 5.74) is 3.23. The van der Waals surface area contributed by atoms with Gasteiger partial charge in [-0.25, -0.2) is 0 Å². The van der Waals surface area contributed by atoms with Crippen LogP contribution in [0, 0.1) is 23.2 Å². The van der Waals surface area contributed by atoms with E-state index in [9.17, 15) is 4.79 Å². The maximum atomic E-state index is 12.8. The predicted molar refractivity (Wildman–Crippen MR) is 110 cm³/mol. The van der Waals surface area contributed by atoms with E-state index in [2.05, 4.69) is 27.9 Å². The van der Waals surface area contributed by atoms with Gasteiger partial charge in [-0.05, 0) is 63.3 Å². The summed E-state index contributed by atoms with van der Waals surface area (Å²) >= 11 is 0. The average molecular weight is 407 g/mol. The fourth-order valence-electron chi connectivity index (χ4n) is 6.08. The first-order chi connectivity index (χ1) is 14.1. The van der Waals surface area contributed by atoms with Gasteiger partial charge >= 0.3 is 0 Å². The summed E-state index contributed by atoms with van der Waals surface area (Å²) in [6.07, 6.45) is 9.24. The third kappa shape index (κ3) is 4.09. The Bertz CT molecular complexity index is 585. The van der Waals surface area contributed by atoms with Crippen molar-refractivity contribution in [1.29, 1.82) is 0 Å². The van der Waals surface area contributed by atoms with E-state index in [1.54, 1.807) is 0 Å². The summed E-state index contributed by atoms with van der Waals surface area (Å²) in [5, 5.41) is 7.45. The number of piperidine rings is 2. The van der Waals surface area contributed by atoms with Gasteiger partial charge in [0, 0.05) is 37.1 Å². The first-order valence-corrected chi connectivity index (χ1v) is 11.9. The molecule has 5 rings (SSSR count). The number of carbonyl (C=O) groups is 1. The minimum absolute atomic E-state index is 0.0686. The van der Waals surface area contributed by atoms with Gasteiger partial charge in [-0.1, -0.05) is 13.3 Å². The summed E-state index contributed by atoms with van der Waals surface area (Å²) in [4.78, 5) is 20.9. The molecular formula is C22H38N4O3. The molecule has 1 saturated carbocycles. The Morgan fingerprint density at radius 3 is 2.59 bits per heavy atom. The van der Waals surface area contributed by atoms with Crippen LogP contribution in [0.4, 0.5) is 0 Å². The normalized spacial score (nSPS) is 40.7. The molecule has 5 atom stereocenters. The van der Waals surface area contributed by atoms with Gasteiger partial charge in [0.15, 0.2) is 0 Å². The molecule has 5 aliphatic rings. The van der Waals surface area contributed by atoms with Gasteiger partial charge in [0.1, 0.15) is 6.23 Å². The van der Waals surface area contributed by atoms with E-state index in [0.717, 1.165) is 71.4 Å². The van der Waals surface area contributed by atoms with Crippen molar-refractivity contribution in [3.63, 3.8) is 0 Å². The van der Waals surface area contributed by atoms with Crippen LogP contribution >= 0.6 is 0 Å². The molecule has 3 N–H and O–H groups in total. The third-order valence-electron chi connectivity index (χ3n) is 8.38. The van der Waals surface area contributed by atoms with E-state index in [1.165, 1.54) is 12.8 Å². The van der Waals surface area contributed by atoms with E-state index in [4.69, 9.17) is 9.57 Å². The van der Waals surface area contributed by atoms with Crippen molar-refractivity contribution in [1.82, 2.24) is 21.0 Å². The lowest BCUT2D eigenvalue weighted by molar-refractivity contribution is -0.147. The predicted octanol–water partition coefficient (Wildman–Crippen LogP) is 1.60. The minimum atomic E-state index is -0.0686. The average Bonchev–Trinajstić information content (AvgIpc) is 3.44. The lowest BCUT2D eigenvalue weighted by Gasteiger charge is -2.43. The lowest BCUT2D eigenvalue weighted by Crippen LogP contribution is -2.52. The SMILES string of the molecule is CC1(C(=O)N2CCC(C3NOC(C4CCNC(C5CCOC5)C4)N3)CC2)CCC1. The molecule has 4 heterocycles. The molecule has 164 valence electrons. The number of ether oxygens (including phenoxy) is 1. The maximum absolute atomic E-state index is 12.8. The summed E-state index contributed by atoms with van der Waals surface area (Å²) in [6, 6.07) is 0.558. The highest BCUT2D eigenvalue weighted by atomic mass is 16.7. The van der Waals surface area contributed by atoms with E-state index in [0.29, 0.717) is 29.7 Å². The Hall–Kier alpha value is -0.730. The first kappa shape index (κ1) is 20.2. The highest BCUT2D eigenvalue weighted by molar-refractivity contribution is 5.83. The number of hydrogen-bond donors (Lipinski definition) is 3. The molecule has 0 aromatic carbocycles. The second-order valence-corrected chi connectivity index (χ2v) is 10.3. The van der Waals surface area contributed by atoms with Crippen LogP contribution in [0.5, 0.6) is 0 Å². The molecule has 1 amide bonds. The summed E-state index contributed by atoms with van der Waals surface area (Å²) in [5.74, 6) is 2.11. The molecule has 5 fully saturated rings. The van der Waals surface area contributed by atoms with Gasteiger partial charge in [0.2, 0.25) is 5.91 Å². The number of carbonyl (C=O) groups excluding carboxylic acids is 1. The highest BCUT2D eigenvalue weighted by Crippen LogP contribution is 2.42. The molecule has 1 aliphatic carbocycles. The van der Waals surface area contributed by atoms with Gasteiger partial charge in [0.25, 0.3) is 0 Å². The molecule has 4 aliphatic heterocycles. The minimum Gasteiger partial charge on any atom is -0.381 e. The zero-order chi connectivity index (χ0) is 19.8. The largest absolute Gasteiger partial charge is 0.381 e. The molecule has 7 nitrogen and oxygen atoms in total. The number of rotatable bonds is 4. The Kier molecular flexibility index (Phi) is 5.86. The first-order valence-electron chi connectivity index (χ1n) is 11.9. The van der Waals surface area contributed by atoms with Crippen molar-refractivity contribution >= 4 is 5.91 Å². The fourth-order valence-corrected chi connectivity index (χ4v) is 6.08. The van der Waals surface area contributed by atoms with Crippen LogP contribution in [0.25, 0.3) is 0 Å². The number of likely N-dealkylation sites (tertiary alicyclic amines) is 1. The monoisotopic (exact) mass is 406 g/mol. The second kappa shape index (κ2) is 8.42. The molecule has 0 spiro atoms. The number of hydroxylamine groups is 1. The number of nitrogens with zero attached hydrogens (tertiary/aromatic N) is 1. The lowest BCUT2D eigenvalue weighted by atomic mass is 9.69. The molecular weight excluding hydrogens is 368 g/mol. The zero-order valence-electron chi connectivity index (χ0n) is 17.8. The van der Waals surface area contributed by atoms with Crippen LogP contribution in [0.1, 0.15) is 58.3 Å². The Balaban J connectivity index is 1.09. The second-order valence-electron chi connectivity index (χ2n) is 10.3. The third-order valence-corrected chi connectivity index (χ3v) is 8.38. The van der Waals surface area contributed by atoms with Crippen molar-refractivity contribution in [2.45, 2.75) is 76.7 Å². The van der Waals surface area contributed by atoms with Crippen molar-refractivity contribution in [2.24, 2.45) is 23.2 Å². The van der Waals surface area contributed by atoms with Crippen LogP contribution in [-0.4, -0.2) is 62.1 Å². The molecule has 7 heteroatoms. The van der Waals surface area contributed by atoms with Crippen LogP contribution in [0.2, 0.25) is 0 Å². The van der Waals surface area contributed by atoms with Crippen LogP contribution in [0.15, 0.2) is 0 Å².